The second kappa shape index (κ2) is 5.50. The van der Waals surface area contributed by atoms with Crippen LogP contribution in [0.3, 0.4) is 0 Å². The number of urea groups is 1. The molecule has 2 heterocycles. The maximum atomic E-state index is 11.9. The van der Waals surface area contributed by atoms with E-state index in [1.807, 2.05) is 9.91 Å². The molecule has 0 aromatic heterocycles. The Morgan fingerprint density at radius 2 is 1.81 bits per heavy atom. The average molecular weight is 227 g/mol. The van der Waals surface area contributed by atoms with Gasteiger partial charge >= 0.3 is 6.03 Å². The van der Waals surface area contributed by atoms with Gasteiger partial charge in [-0.15, -0.1) is 0 Å². The van der Waals surface area contributed by atoms with Gasteiger partial charge in [0.2, 0.25) is 0 Å². The molecule has 0 bridgehead atoms. The van der Waals surface area contributed by atoms with Gasteiger partial charge < -0.3 is 9.64 Å². The molecule has 0 aliphatic carbocycles. The number of amides is 2. The highest BCUT2D eigenvalue weighted by Gasteiger charge is 2.22. The Balaban J connectivity index is 1.74. The predicted octanol–water partition coefficient (Wildman–Crippen LogP) is 0.675. The first kappa shape index (κ1) is 11.7. The Bertz CT molecular complexity index is 233. The SMILES string of the molecule is CC1CCN(C(=O)NN2CCOCC2)CC1. The van der Waals surface area contributed by atoms with Gasteiger partial charge in [-0.2, -0.15) is 0 Å². The number of piperidine rings is 1. The lowest BCUT2D eigenvalue weighted by Crippen LogP contribution is -2.54. The number of carbonyl (C=O) groups is 1. The molecular formula is C11H21N3O2. The summed E-state index contributed by atoms with van der Waals surface area (Å²) in [5.41, 5.74) is 2.94. The fraction of sp³-hybridized carbons (Fsp3) is 0.909. The number of hydrogen-bond donors (Lipinski definition) is 1. The summed E-state index contributed by atoms with van der Waals surface area (Å²) in [5, 5.41) is 1.95. The van der Waals surface area contributed by atoms with Crippen LogP contribution >= 0.6 is 0 Å². The fourth-order valence-electron chi connectivity index (χ4n) is 2.09. The highest BCUT2D eigenvalue weighted by molar-refractivity contribution is 5.73. The van der Waals surface area contributed by atoms with Crippen LogP contribution in [-0.2, 0) is 4.74 Å². The number of hydrogen-bond acceptors (Lipinski definition) is 3. The minimum Gasteiger partial charge on any atom is -0.379 e. The van der Waals surface area contributed by atoms with E-state index < -0.39 is 0 Å². The van der Waals surface area contributed by atoms with Gasteiger partial charge in [0.15, 0.2) is 0 Å². The van der Waals surface area contributed by atoms with Crippen LogP contribution in [0.15, 0.2) is 0 Å². The lowest BCUT2D eigenvalue weighted by molar-refractivity contribution is 0.0151. The van der Waals surface area contributed by atoms with Crippen LogP contribution in [0.25, 0.3) is 0 Å². The Labute approximate surface area is 96.7 Å². The number of likely N-dealkylation sites (tertiary alicyclic amines) is 1. The number of morpholine rings is 1. The van der Waals surface area contributed by atoms with Crippen molar-refractivity contribution >= 4 is 6.03 Å². The first-order valence-electron chi connectivity index (χ1n) is 6.14. The maximum Gasteiger partial charge on any atom is 0.331 e. The van der Waals surface area contributed by atoms with E-state index in [0.29, 0.717) is 13.2 Å². The average Bonchev–Trinajstić information content (AvgIpc) is 2.31. The molecule has 2 aliphatic heterocycles. The van der Waals surface area contributed by atoms with E-state index in [1.54, 1.807) is 0 Å². The van der Waals surface area contributed by atoms with Crippen LogP contribution in [0.1, 0.15) is 19.8 Å². The van der Waals surface area contributed by atoms with E-state index in [1.165, 1.54) is 0 Å². The van der Waals surface area contributed by atoms with Crippen LogP contribution < -0.4 is 5.43 Å². The van der Waals surface area contributed by atoms with Crippen LogP contribution in [0.2, 0.25) is 0 Å². The molecule has 0 spiro atoms. The highest BCUT2D eigenvalue weighted by Crippen LogP contribution is 2.15. The Morgan fingerprint density at radius 1 is 1.19 bits per heavy atom. The number of ether oxygens (including phenoxy) is 1. The van der Waals surface area contributed by atoms with E-state index in [9.17, 15) is 4.79 Å². The Hall–Kier alpha value is -0.810. The molecule has 92 valence electrons. The van der Waals surface area contributed by atoms with Crippen molar-refractivity contribution in [1.29, 1.82) is 0 Å². The first-order chi connectivity index (χ1) is 7.75. The molecule has 0 radical (unpaired) electrons. The summed E-state index contributed by atoms with van der Waals surface area (Å²) in [6.45, 7) is 7.01. The van der Waals surface area contributed by atoms with Crippen LogP contribution in [0.5, 0.6) is 0 Å². The summed E-state index contributed by atoms with van der Waals surface area (Å²) >= 11 is 0. The molecule has 0 aromatic carbocycles. The Morgan fingerprint density at radius 3 is 2.44 bits per heavy atom. The van der Waals surface area contributed by atoms with Crippen molar-refractivity contribution in [3.8, 4) is 0 Å². The second-order valence-electron chi connectivity index (χ2n) is 4.69. The van der Waals surface area contributed by atoms with Gasteiger partial charge in [-0.3, -0.25) is 5.43 Å². The second-order valence-corrected chi connectivity index (χ2v) is 4.69. The van der Waals surface area contributed by atoms with Crippen LogP contribution in [-0.4, -0.2) is 55.3 Å². The van der Waals surface area contributed by atoms with Crippen molar-refractivity contribution in [3.63, 3.8) is 0 Å². The molecule has 0 saturated carbocycles. The molecule has 0 aromatic rings. The number of rotatable bonds is 1. The number of nitrogens with one attached hydrogen (secondary N) is 1. The van der Waals surface area contributed by atoms with Gasteiger partial charge in [0, 0.05) is 26.2 Å². The molecule has 0 unspecified atom stereocenters. The standard InChI is InChI=1S/C11H21N3O2/c1-10-2-4-13(5-3-10)11(15)12-14-6-8-16-9-7-14/h10H,2-9H2,1H3,(H,12,15). The normalized spacial score (nSPS) is 24.4. The van der Waals surface area contributed by atoms with Gasteiger partial charge in [0.05, 0.1) is 13.2 Å². The third kappa shape index (κ3) is 3.09. The molecule has 2 saturated heterocycles. The molecule has 2 aliphatic rings. The molecule has 16 heavy (non-hydrogen) atoms. The number of carbonyl (C=O) groups excluding carboxylic acids is 1. The van der Waals surface area contributed by atoms with Gasteiger partial charge in [-0.1, -0.05) is 6.92 Å². The molecule has 2 rings (SSSR count). The van der Waals surface area contributed by atoms with Crippen molar-refractivity contribution in [3.05, 3.63) is 0 Å². The summed E-state index contributed by atoms with van der Waals surface area (Å²) in [6, 6.07) is 0.0498. The van der Waals surface area contributed by atoms with E-state index in [-0.39, 0.29) is 6.03 Å². The smallest absolute Gasteiger partial charge is 0.331 e. The summed E-state index contributed by atoms with van der Waals surface area (Å²) in [4.78, 5) is 13.8. The van der Waals surface area contributed by atoms with Crippen LogP contribution in [0.4, 0.5) is 4.79 Å². The lowest BCUT2D eigenvalue weighted by Gasteiger charge is -2.34. The molecular weight excluding hydrogens is 206 g/mol. The van der Waals surface area contributed by atoms with E-state index >= 15 is 0 Å². The lowest BCUT2D eigenvalue weighted by atomic mass is 10.00. The molecule has 5 heteroatoms. The zero-order valence-corrected chi connectivity index (χ0v) is 9.95. The fourth-order valence-corrected chi connectivity index (χ4v) is 2.09. The number of hydrazine groups is 1. The molecule has 2 fully saturated rings. The van der Waals surface area contributed by atoms with Crippen molar-refractivity contribution in [2.75, 3.05) is 39.4 Å². The van der Waals surface area contributed by atoms with E-state index in [0.717, 1.165) is 44.9 Å². The maximum absolute atomic E-state index is 11.9. The van der Waals surface area contributed by atoms with Gasteiger partial charge in [-0.25, -0.2) is 9.80 Å². The third-order valence-electron chi connectivity index (χ3n) is 3.34. The summed E-state index contributed by atoms with van der Waals surface area (Å²) in [5.74, 6) is 0.757. The van der Waals surface area contributed by atoms with E-state index in [2.05, 4.69) is 12.3 Å². The molecule has 2 amide bonds. The molecule has 0 atom stereocenters. The van der Waals surface area contributed by atoms with Crippen molar-refractivity contribution in [2.24, 2.45) is 5.92 Å². The van der Waals surface area contributed by atoms with Gasteiger partial charge in [-0.05, 0) is 18.8 Å². The largest absolute Gasteiger partial charge is 0.379 e. The monoisotopic (exact) mass is 227 g/mol. The molecule has 1 N–H and O–H groups in total. The summed E-state index contributed by atoms with van der Waals surface area (Å²) < 4.78 is 5.23. The summed E-state index contributed by atoms with van der Waals surface area (Å²) in [7, 11) is 0. The summed E-state index contributed by atoms with van der Waals surface area (Å²) in [6.07, 6.45) is 2.24. The predicted molar refractivity (Wildman–Crippen MR) is 60.9 cm³/mol. The molecule has 5 nitrogen and oxygen atoms in total. The van der Waals surface area contributed by atoms with Crippen molar-refractivity contribution < 1.29 is 9.53 Å². The zero-order valence-electron chi connectivity index (χ0n) is 9.95. The first-order valence-corrected chi connectivity index (χ1v) is 6.14. The highest BCUT2D eigenvalue weighted by atomic mass is 16.5. The topological polar surface area (TPSA) is 44.8 Å². The minimum absolute atomic E-state index is 0.0498. The van der Waals surface area contributed by atoms with Crippen LogP contribution in [0, 0.1) is 5.92 Å². The quantitative estimate of drug-likeness (QED) is 0.716. The van der Waals surface area contributed by atoms with Crippen molar-refractivity contribution in [2.45, 2.75) is 19.8 Å². The Kier molecular flexibility index (Phi) is 4.01. The minimum atomic E-state index is 0.0498. The van der Waals surface area contributed by atoms with E-state index in [4.69, 9.17) is 4.74 Å². The van der Waals surface area contributed by atoms with Crippen molar-refractivity contribution in [1.82, 2.24) is 15.3 Å². The van der Waals surface area contributed by atoms with Gasteiger partial charge in [0.1, 0.15) is 0 Å². The zero-order chi connectivity index (χ0) is 11.4. The number of nitrogens with zero attached hydrogens (tertiary/aromatic N) is 2. The third-order valence-corrected chi connectivity index (χ3v) is 3.34. The van der Waals surface area contributed by atoms with Gasteiger partial charge in [0.25, 0.3) is 0 Å².